The van der Waals surface area contributed by atoms with E-state index >= 15 is 0 Å². The number of amides is 2. The molecule has 0 aliphatic heterocycles. The highest BCUT2D eigenvalue weighted by Gasteiger charge is 2.19. The molecule has 0 radical (unpaired) electrons. The zero-order valence-electron chi connectivity index (χ0n) is 17.9. The first-order chi connectivity index (χ1) is 15.3. The summed E-state index contributed by atoms with van der Waals surface area (Å²) in [5.41, 5.74) is 1.79. The van der Waals surface area contributed by atoms with Crippen LogP contribution in [0.15, 0.2) is 77.7 Å². The lowest BCUT2D eigenvalue weighted by Gasteiger charge is -2.15. The molecule has 0 saturated carbocycles. The van der Waals surface area contributed by atoms with Crippen LogP contribution >= 0.6 is 0 Å². The average Bonchev–Trinajstić information content (AvgIpc) is 2.79. The Bertz CT molecular complexity index is 1230. The number of hydrogen-bond donors (Lipinski definition) is 3. The number of carbonyl (C=O) groups excluding carboxylic acids is 2. The zero-order valence-corrected chi connectivity index (χ0v) is 18.7. The predicted molar refractivity (Wildman–Crippen MR) is 125 cm³/mol. The Morgan fingerprint density at radius 2 is 1.41 bits per heavy atom. The van der Waals surface area contributed by atoms with E-state index in [0.717, 1.165) is 6.42 Å². The maximum absolute atomic E-state index is 13.0. The van der Waals surface area contributed by atoms with Gasteiger partial charge in [-0.25, -0.2) is 8.42 Å². The Balaban J connectivity index is 1.85. The van der Waals surface area contributed by atoms with Crippen LogP contribution in [0.1, 0.15) is 39.6 Å². The van der Waals surface area contributed by atoms with Crippen molar-refractivity contribution < 1.29 is 18.0 Å². The van der Waals surface area contributed by atoms with Gasteiger partial charge < -0.3 is 10.6 Å². The van der Waals surface area contributed by atoms with Crippen molar-refractivity contribution in [2.75, 3.05) is 16.6 Å². The van der Waals surface area contributed by atoms with Crippen molar-refractivity contribution in [1.82, 2.24) is 5.32 Å². The van der Waals surface area contributed by atoms with Crippen LogP contribution in [0.4, 0.5) is 11.4 Å². The van der Waals surface area contributed by atoms with Gasteiger partial charge in [0.1, 0.15) is 0 Å². The number of hydrogen-bond acceptors (Lipinski definition) is 4. The molecule has 0 spiro atoms. The summed E-state index contributed by atoms with van der Waals surface area (Å²) in [5, 5.41) is 5.57. The van der Waals surface area contributed by atoms with Gasteiger partial charge >= 0.3 is 0 Å². The fraction of sp³-hybridized carbons (Fsp3) is 0.167. The van der Waals surface area contributed by atoms with E-state index in [0.29, 0.717) is 34.6 Å². The van der Waals surface area contributed by atoms with E-state index in [2.05, 4.69) is 15.4 Å². The SMILES string of the molecule is CCCNC(=O)c1ccccc1NC(=O)c1cccc(NS(=O)(=O)c2ccccc2)c1C. The predicted octanol–water partition coefficient (Wildman–Crippen LogP) is 4.19. The van der Waals surface area contributed by atoms with E-state index < -0.39 is 15.9 Å². The summed E-state index contributed by atoms with van der Waals surface area (Å²) in [6.45, 7) is 4.15. The van der Waals surface area contributed by atoms with Gasteiger partial charge in [0.05, 0.1) is 21.8 Å². The van der Waals surface area contributed by atoms with Crippen molar-refractivity contribution in [1.29, 1.82) is 0 Å². The van der Waals surface area contributed by atoms with Crippen molar-refractivity contribution in [3.05, 3.63) is 89.5 Å². The number of anilines is 2. The van der Waals surface area contributed by atoms with Crippen LogP contribution < -0.4 is 15.4 Å². The molecule has 0 heterocycles. The molecule has 3 aromatic rings. The van der Waals surface area contributed by atoms with Gasteiger partial charge in [0.25, 0.3) is 21.8 Å². The van der Waals surface area contributed by atoms with E-state index in [1.165, 1.54) is 12.1 Å². The van der Waals surface area contributed by atoms with Gasteiger partial charge in [0.15, 0.2) is 0 Å². The molecule has 2 amide bonds. The molecule has 0 aliphatic carbocycles. The van der Waals surface area contributed by atoms with E-state index in [1.807, 2.05) is 6.92 Å². The highest BCUT2D eigenvalue weighted by atomic mass is 32.2. The molecule has 8 heteroatoms. The van der Waals surface area contributed by atoms with Crippen LogP contribution in [0.2, 0.25) is 0 Å². The molecule has 0 fully saturated rings. The van der Waals surface area contributed by atoms with Crippen LogP contribution in [0.5, 0.6) is 0 Å². The average molecular weight is 452 g/mol. The molecule has 0 aromatic heterocycles. The summed E-state index contributed by atoms with van der Waals surface area (Å²) < 4.78 is 27.9. The zero-order chi connectivity index (χ0) is 23.1. The van der Waals surface area contributed by atoms with Gasteiger partial charge in [-0.2, -0.15) is 0 Å². The van der Waals surface area contributed by atoms with Crippen molar-refractivity contribution in [3.63, 3.8) is 0 Å². The molecule has 0 bridgehead atoms. The third-order valence-corrected chi connectivity index (χ3v) is 6.21. The standard InChI is InChI=1S/C24H25N3O4S/c1-3-16-25-23(28)20-12-7-8-14-22(20)26-24(29)19-13-9-15-21(17(19)2)27-32(30,31)18-10-5-4-6-11-18/h4-15,27H,3,16H2,1-2H3,(H,25,28)(H,26,29). The third kappa shape index (κ3) is 5.33. The minimum Gasteiger partial charge on any atom is -0.352 e. The summed E-state index contributed by atoms with van der Waals surface area (Å²) in [5.74, 6) is -0.720. The number of para-hydroxylation sites is 1. The molecule has 166 valence electrons. The van der Waals surface area contributed by atoms with Gasteiger partial charge in [0, 0.05) is 12.1 Å². The van der Waals surface area contributed by atoms with Crippen LogP contribution in [-0.2, 0) is 10.0 Å². The smallest absolute Gasteiger partial charge is 0.261 e. The molecule has 3 N–H and O–H groups in total. The molecular formula is C24H25N3O4S. The summed E-state index contributed by atoms with van der Waals surface area (Å²) in [4.78, 5) is 25.5. The quantitative estimate of drug-likeness (QED) is 0.478. The summed E-state index contributed by atoms with van der Waals surface area (Å²) in [6, 6.07) is 19.5. The Labute approximate surface area is 187 Å². The first-order valence-electron chi connectivity index (χ1n) is 10.2. The van der Waals surface area contributed by atoms with E-state index in [-0.39, 0.29) is 10.8 Å². The van der Waals surface area contributed by atoms with Gasteiger partial charge in [0.2, 0.25) is 0 Å². The topological polar surface area (TPSA) is 104 Å². The van der Waals surface area contributed by atoms with Crippen LogP contribution in [-0.4, -0.2) is 26.8 Å². The second-order valence-corrected chi connectivity index (χ2v) is 8.83. The van der Waals surface area contributed by atoms with Gasteiger partial charge in [-0.1, -0.05) is 43.3 Å². The van der Waals surface area contributed by atoms with Gasteiger partial charge in [-0.3, -0.25) is 14.3 Å². The van der Waals surface area contributed by atoms with Crippen molar-refractivity contribution in [2.45, 2.75) is 25.2 Å². The Kier molecular flexibility index (Phi) is 7.27. The second-order valence-electron chi connectivity index (χ2n) is 7.15. The van der Waals surface area contributed by atoms with Crippen molar-refractivity contribution in [2.24, 2.45) is 0 Å². The number of benzene rings is 3. The van der Waals surface area contributed by atoms with Gasteiger partial charge in [-0.15, -0.1) is 0 Å². The maximum atomic E-state index is 13.0. The third-order valence-electron chi connectivity index (χ3n) is 4.83. The maximum Gasteiger partial charge on any atom is 0.261 e. The lowest BCUT2D eigenvalue weighted by atomic mass is 10.1. The first kappa shape index (κ1) is 23.0. The normalized spacial score (nSPS) is 10.9. The first-order valence-corrected chi connectivity index (χ1v) is 11.7. The highest BCUT2D eigenvalue weighted by molar-refractivity contribution is 7.92. The monoisotopic (exact) mass is 451 g/mol. The Morgan fingerprint density at radius 3 is 2.12 bits per heavy atom. The molecular weight excluding hydrogens is 426 g/mol. The fourth-order valence-electron chi connectivity index (χ4n) is 3.11. The second kappa shape index (κ2) is 10.1. The molecule has 3 aromatic carbocycles. The Morgan fingerprint density at radius 1 is 0.781 bits per heavy atom. The Hall–Kier alpha value is -3.65. The van der Waals surface area contributed by atoms with Gasteiger partial charge in [-0.05, 0) is 55.3 Å². The molecule has 32 heavy (non-hydrogen) atoms. The van der Waals surface area contributed by atoms with E-state index in [4.69, 9.17) is 0 Å². The summed E-state index contributed by atoms with van der Waals surface area (Å²) in [7, 11) is -3.80. The number of carbonyl (C=O) groups is 2. The molecule has 0 aliphatic rings. The lowest BCUT2D eigenvalue weighted by Crippen LogP contribution is -2.26. The highest BCUT2D eigenvalue weighted by Crippen LogP contribution is 2.24. The fourth-order valence-corrected chi connectivity index (χ4v) is 4.25. The number of sulfonamides is 1. The molecule has 0 atom stereocenters. The largest absolute Gasteiger partial charge is 0.352 e. The lowest BCUT2D eigenvalue weighted by molar-refractivity contribution is 0.0954. The molecule has 7 nitrogen and oxygen atoms in total. The van der Waals surface area contributed by atoms with Crippen LogP contribution in [0, 0.1) is 6.92 Å². The number of nitrogens with one attached hydrogen (secondary N) is 3. The summed E-state index contributed by atoms with van der Waals surface area (Å²) in [6.07, 6.45) is 0.797. The molecule has 3 rings (SSSR count). The van der Waals surface area contributed by atoms with Crippen molar-refractivity contribution in [3.8, 4) is 0 Å². The van der Waals surface area contributed by atoms with Crippen LogP contribution in [0.3, 0.4) is 0 Å². The van der Waals surface area contributed by atoms with Crippen molar-refractivity contribution >= 4 is 33.2 Å². The summed E-state index contributed by atoms with van der Waals surface area (Å²) >= 11 is 0. The van der Waals surface area contributed by atoms with Crippen LogP contribution in [0.25, 0.3) is 0 Å². The minimum atomic E-state index is -3.80. The molecule has 0 saturated heterocycles. The van der Waals surface area contributed by atoms with E-state index in [1.54, 1.807) is 67.6 Å². The minimum absolute atomic E-state index is 0.126. The number of rotatable bonds is 8. The molecule has 0 unspecified atom stereocenters. The van der Waals surface area contributed by atoms with E-state index in [9.17, 15) is 18.0 Å².